The van der Waals surface area contributed by atoms with Gasteiger partial charge >= 0.3 is 13.8 Å². The Labute approximate surface area is 262 Å². The van der Waals surface area contributed by atoms with Crippen LogP contribution in [-0.2, 0) is 33.0 Å². The Kier molecular flexibility index (Phi) is 8.07. The summed E-state index contributed by atoms with van der Waals surface area (Å²) in [4.78, 5) is 32.5. The van der Waals surface area contributed by atoms with Gasteiger partial charge in [0.25, 0.3) is 0 Å². The molecule has 7 rings (SSSR count). The minimum absolute atomic E-state index is 0.0303. The molecule has 3 fully saturated rings. The van der Waals surface area contributed by atoms with Crippen LogP contribution in [0.2, 0.25) is 0 Å². The molecule has 16 nitrogen and oxygen atoms in total. The molecule has 4 N–H and O–H groups in total. The molecular formula is C29H33O16P. The van der Waals surface area contributed by atoms with Gasteiger partial charge in [0, 0.05) is 11.8 Å². The summed E-state index contributed by atoms with van der Waals surface area (Å²) in [5.74, 6) is -2.25. The molecular weight excluding hydrogens is 635 g/mol. The van der Waals surface area contributed by atoms with E-state index in [0.717, 1.165) is 0 Å². The van der Waals surface area contributed by atoms with Crippen molar-refractivity contribution >= 4 is 13.8 Å². The van der Waals surface area contributed by atoms with Gasteiger partial charge in [-0.1, -0.05) is 0 Å². The Hall–Kier alpha value is -3.18. The molecule has 5 aliphatic rings. The molecule has 0 aromatic heterocycles. The number of esters is 1. The third-order valence-corrected chi connectivity index (χ3v) is 9.36. The average Bonchev–Trinajstić information content (AvgIpc) is 3.64. The molecule has 3 saturated heterocycles. The van der Waals surface area contributed by atoms with Gasteiger partial charge in [-0.3, -0.25) is 14.6 Å². The number of hydrogen-bond acceptors (Lipinski definition) is 14. The molecule has 0 amide bonds. The Morgan fingerprint density at radius 2 is 1.57 bits per heavy atom. The number of phosphoric acid groups is 1. The molecule has 46 heavy (non-hydrogen) atoms. The molecule has 5 unspecified atom stereocenters. The van der Waals surface area contributed by atoms with Gasteiger partial charge in [-0.25, -0.2) is 4.57 Å². The van der Waals surface area contributed by atoms with E-state index in [1.807, 2.05) is 0 Å². The van der Waals surface area contributed by atoms with Crippen LogP contribution in [0.4, 0.5) is 0 Å². The first-order valence-corrected chi connectivity index (χ1v) is 16.1. The Morgan fingerprint density at radius 1 is 0.891 bits per heavy atom. The van der Waals surface area contributed by atoms with Gasteiger partial charge in [0.05, 0.1) is 39.5 Å². The Morgan fingerprint density at radius 3 is 2.22 bits per heavy atom. The first-order chi connectivity index (χ1) is 22.0. The number of aliphatic hydroxyl groups is 2. The molecule has 10 atom stereocenters. The maximum atomic E-state index is 13.5. The quantitative estimate of drug-likeness (QED) is 0.241. The van der Waals surface area contributed by atoms with Gasteiger partial charge in [0.1, 0.15) is 24.4 Å². The summed E-state index contributed by atoms with van der Waals surface area (Å²) in [6.45, 7) is 1.72. The molecule has 1 aliphatic carbocycles. The monoisotopic (exact) mass is 668 g/mol. The first-order valence-electron chi connectivity index (χ1n) is 14.5. The van der Waals surface area contributed by atoms with Crippen LogP contribution in [0, 0.1) is 11.8 Å². The summed E-state index contributed by atoms with van der Waals surface area (Å²) in [6, 6.07) is 6.47. The number of ether oxygens (including phenoxy) is 9. The average molecular weight is 669 g/mol. The molecule has 2 aromatic carbocycles. The number of carbonyl (C=O) groups excluding carboxylic acids is 1. The number of phosphoric ester groups is 1. The summed E-state index contributed by atoms with van der Waals surface area (Å²) < 4.78 is 68.1. The summed E-state index contributed by atoms with van der Waals surface area (Å²) in [6.07, 6.45) is -7.18. The second-order valence-electron chi connectivity index (χ2n) is 11.6. The van der Waals surface area contributed by atoms with Crippen molar-refractivity contribution in [3.05, 3.63) is 41.0 Å². The van der Waals surface area contributed by atoms with Crippen LogP contribution < -0.4 is 23.5 Å². The van der Waals surface area contributed by atoms with Crippen LogP contribution >= 0.6 is 7.82 Å². The number of aliphatic hydroxyl groups excluding tert-OH is 2. The largest absolute Gasteiger partial charge is 0.525 e. The summed E-state index contributed by atoms with van der Waals surface area (Å²) in [5.41, 5.74) is 1.65. The number of carbonyl (C=O) groups is 1. The zero-order valence-electron chi connectivity index (χ0n) is 24.8. The van der Waals surface area contributed by atoms with Crippen LogP contribution in [0.3, 0.4) is 0 Å². The Bertz CT molecular complexity index is 1530. The molecule has 0 saturated carbocycles. The van der Waals surface area contributed by atoms with Crippen LogP contribution in [0.5, 0.6) is 28.7 Å². The maximum Gasteiger partial charge on any atom is 0.525 e. The number of benzene rings is 2. The van der Waals surface area contributed by atoms with Crippen LogP contribution in [0.1, 0.15) is 35.6 Å². The fourth-order valence-electron chi connectivity index (χ4n) is 6.93. The molecule has 17 heteroatoms. The SMILES string of the molecule is COc1cc([C@@H]2c3cc4c(cc3[C@@H](OC3OC5CO[C@@H](C)OC5C(O)C3O)[C@H]3COC(=O)[C@H]23)OCO4)cc(OC)c1OP(=O)(O)O. The van der Waals surface area contributed by atoms with E-state index in [1.165, 1.54) is 26.4 Å². The fourth-order valence-corrected chi connectivity index (χ4v) is 7.35. The van der Waals surface area contributed by atoms with Crippen molar-refractivity contribution in [2.45, 2.75) is 55.9 Å². The minimum atomic E-state index is -5.00. The van der Waals surface area contributed by atoms with Crippen LogP contribution in [0.25, 0.3) is 0 Å². The second kappa shape index (κ2) is 11.8. The first kappa shape index (κ1) is 31.4. The normalized spacial score (nSPS) is 34.6. The predicted octanol–water partition coefficient (Wildman–Crippen LogP) is 1.10. The Balaban J connectivity index is 1.32. The summed E-state index contributed by atoms with van der Waals surface area (Å²) in [7, 11) is -2.40. The van der Waals surface area contributed by atoms with Gasteiger partial charge in [-0.15, -0.1) is 0 Å². The molecule has 4 aliphatic heterocycles. The number of cyclic esters (lactones) is 1. The third-order valence-electron chi connectivity index (χ3n) is 8.94. The number of methoxy groups -OCH3 is 2. The zero-order chi connectivity index (χ0) is 32.5. The molecule has 2 aromatic rings. The van der Waals surface area contributed by atoms with Crippen molar-refractivity contribution in [3.8, 4) is 28.7 Å². The van der Waals surface area contributed by atoms with E-state index in [2.05, 4.69) is 0 Å². The number of hydrogen-bond donors (Lipinski definition) is 4. The standard InChI is InChI=1S/C29H33O16P/c1-11-38-9-20-27(42-11)23(30)24(31)29(43-20)44-25-14-7-17-16(40-10-41-17)6-13(14)21(22-15(25)8-39-28(22)32)12-4-18(36-2)26(19(5-12)37-3)45-46(33,34)35/h4-7,11,15,20-25,27,29-31H,8-10H2,1-3H3,(H2,33,34,35)/t11-,15+,20?,21-,22+,23?,24?,25-,27?,29?/m1/s1. The van der Waals surface area contributed by atoms with E-state index in [-0.39, 0.29) is 37.3 Å². The highest BCUT2D eigenvalue weighted by Crippen LogP contribution is 2.57. The lowest BCUT2D eigenvalue weighted by atomic mass is 9.66. The van der Waals surface area contributed by atoms with Crippen molar-refractivity contribution in [2.75, 3.05) is 34.2 Å². The molecule has 0 spiro atoms. The molecule has 0 bridgehead atoms. The fraction of sp³-hybridized carbons (Fsp3) is 0.552. The maximum absolute atomic E-state index is 13.5. The van der Waals surface area contributed by atoms with E-state index >= 15 is 0 Å². The molecule has 250 valence electrons. The van der Waals surface area contributed by atoms with E-state index in [4.69, 9.17) is 47.2 Å². The smallest absolute Gasteiger partial charge is 0.493 e. The van der Waals surface area contributed by atoms with Crippen molar-refractivity contribution in [1.82, 2.24) is 0 Å². The van der Waals surface area contributed by atoms with Crippen LogP contribution in [0.15, 0.2) is 24.3 Å². The van der Waals surface area contributed by atoms with Gasteiger partial charge in [0.15, 0.2) is 35.6 Å². The minimum Gasteiger partial charge on any atom is -0.493 e. The van der Waals surface area contributed by atoms with E-state index < -0.39 is 74.6 Å². The predicted molar refractivity (Wildman–Crippen MR) is 149 cm³/mol. The second-order valence-corrected chi connectivity index (χ2v) is 12.7. The number of rotatable bonds is 7. The van der Waals surface area contributed by atoms with Crippen LogP contribution in [-0.4, -0.2) is 97.2 Å². The van der Waals surface area contributed by atoms with E-state index in [9.17, 15) is 29.4 Å². The highest BCUT2D eigenvalue weighted by molar-refractivity contribution is 7.46. The van der Waals surface area contributed by atoms with E-state index in [1.54, 1.807) is 19.1 Å². The molecule has 0 radical (unpaired) electrons. The van der Waals surface area contributed by atoms with Crippen molar-refractivity contribution < 1.29 is 76.5 Å². The third kappa shape index (κ3) is 5.37. The lowest BCUT2D eigenvalue weighted by Crippen LogP contribution is -2.63. The lowest BCUT2D eigenvalue weighted by Gasteiger charge is -2.47. The van der Waals surface area contributed by atoms with Crippen molar-refractivity contribution in [1.29, 1.82) is 0 Å². The highest BCUT2D eigenvalue weighted by atomic mass is 31.2. The zero-order valence-corrected chi connectivity index (χ0v) is 25.7. The van der Waals surface area contributed by atoms with Crippen molar-refractivity contribution in [2.24, 2.45) is 11.8 Å². The van der Waals surface area contributed by atoms with Crippen molar-refractivity contribution in [3.63, 3.8) is 0 Å². The lowest BCUT2D eigenvalue weighted by molar-refractivity contribution is -0.364. The van der Waals surface area contributed by atoms with Gasteiger partial charge in [-0.05, 0) is 47.9 Å². The van der Waals surface area contributed by atoms with Gasteiger partial charge in [-0.2, -0.15) is 0 Å². The number of fused-ring (bicyclic) bond motifs is 4. The summed E-state index contributed by atoms with van der Waals surface area (Å²) >= 11 is 0. The van der Waals surface area contributed by atoms with Gasteiger partial charge < -0.3 is 57.4 Å². The topological polar surface area (TPSA) is 207 Å². The van der Waals surface area contributed by atoms with Gasteiger partial charge in [0.2, 0.25) is 12.5 Å². The summed E-state index contributed by atoms with van der Waals surface area (Å²) in [5, 5.41) is 22.0. The molecule has 4 heterocycles. The van der Waals surface area contributed by atoms with E-state index in [0.29, 0.717) is 28.2 Å². The highest BCUT2D eigenvalue weighted by Gasteiger charge is 2.56.